The number of fused-ring (bicyclic) bond motifs is 1. The lowest BCUT2D eigenvalue weighted by Gasteiger charge is -2.26. The summed E-state index contributed by atoms with van der Waals surface area (Å²) >= 11 is 0. The Morgan fingerprint density at radius 3 is 2.69 bits per heavy atom. The molecule has 0 spiro atoms. The van der Waals surface area contributed by atoms with Gasteiger partial charge in [0.25, 0.3) is 0 Å². The minimum atomic E-state index is 0.528. The van der Waals surface area contributed by atoms with E-state index in [9.17, 15) is 0 Å². The van der Waals surface area contributed by atoms with E-state index in [0.717, 1.165) is 55.4 Å². The van der Waals surface area contributed by atoms with E-state index in [1.165, 1.54) is 0 Å². The first-order valence-electron chi connectivity index (χ1n) is 8.95. The van der Waals surface area contributed by atoms with Crippen molar-refractivity contribution in [2.24, 2.45) is 0 Å². The molecule has 136 valence electrons. The number of pyridine rings is 1. The quantitative estimate of drug-likeness (QED) is 0.653. The Labute approximate surface area is 152 Å². The molecule has 1 aliphatic rings. The van der Waals surface area contributed by atoms with Crippen LogP contribution >= 0.6 is 0 Å². The van der Waals surface area contributed by atoms with E-state index in [-0.39, 0.29) is 0 Å². The van der Waals surface area contributed by atoms with Crippen LogP contribution in [0.1, 0.15) is 5.56 Å². The lowest BCUT2D eigenvalue weighted by atomic mass is 10.2. The van der Waals surface area contributed by atoms with Crippen LogP contribution in [-0.4, -0.2) is 54.0 Å². The van der Waals surface area contributed by atoms with Crippen molar-refractivity contribution in [1.29, 1.82) is 0 Å². The molecule has 3 aromatic rings. The number of hydrogen-bond acceptors (Lipinski definition) is 5. The Morgan fingerprint density at radius 1 is 1.00 bits per heavy atom. The lowest BCUT2D eigenvalue weighted by molar-refractivity contribution is 0.0322. The predicted octanol–water partition coefficient (Wildman–Crippen LogP) is 2.62. The maximum atomic E-state index is 5.90. The molecule has 0 N–H and O–H groups in total. The van der Waals surface area contributed by atoms with Crippen LogP contribution in [0.5, 0.6) is 11.5 Å². The molecule has 26 heavy (non-hydrogen) atoms. The highest BCUT2D eigenvalue weighted by molar-refractivity contribution is 5.59. The Morgan fingerprint density at radius 2 is 1.85 bits per heavy atom. The van der Waals surface area contributed by atoms with Crippen LogP contribution in [0.4, 0.5) is 0 Å². The molecule has 0 amide bonds. The fraction of sp³-hybridized carbons (Fsp3) is 0.350. The van der Waals surface area contributed by atoms with Gasteiger partial charge >= 0.3 is 0 Å². The molecule has 0 bridgehead atoms. The number of benzene rings is 1. The zero-order chi connectivity index (χ0) is 17.6. The number of rotatable bonds is 7. The summed E-state index contributed by atoms with van der Waals surface area (Å²) in [5, 5.41) is 4.37. The normalized spacial score (nSPS) is 15.2. The molecule has 0 unspecified atom stereocenters. The van der Waals surface area contributed by atoms with Gasteiger partial charge in [0.1, 0.15) is 24.5 Å². The fourth-order valence-electron chi connectivity index (χ4n) is 2.99. The second kappa shape index (κ2) is 8.21. The monoisotopic (exact) mass is 353 g/mol. The molecule has 6 nitrogen and oxygen atoms in total. The van der Waals surface area contributed by atoms with Crippen LogP contribution < -0.4 is 9.47 Å². The Hall–Kier alpha value is -2.57. The average Bonchev–Trinajstić information content (AvgIpc) is 3.10. The van der Waals surface area contributed by atoms with Crippen LogP contribution in [0.3, 0.4) is 0 Å². The predicted molar refractivity (Wildman–Crippen MR) is 98.7 cm³/mol. The molecule has 4 rings (SSSR count). The van der Waals surface area contributed by atoms with Crippen molar-refractivity contribution >= 4 is 5.52 Å². The van der Waals surface area contributed by atoms with E-state index in [2.05, 4.69) is 10.00 Å². The molecule has 1 fully saturated rings. The van der Waals surface area contributed by atoms with Crippen LogP contribution in [0.25, 0.3) is 5.52 Å². The van der Waals surface area contributed by atoms with Crippen LogP contribution in [0.2, 0.25) is 0 Å². The highest BCUT2D eigenvalue weighted by atomic mass is 16.5. The third-order valence-corrected chi connectivity index (χ3v) is 4.47. The van der Waals surface area contributed by atoms with Crippen LogP contribution in [0, 0.1) is 0 Å². The van der Waals surface area contributed by atoms with Crippen LogP contribution in [0.15, 0.2) is 54.9 Å². The maximum Gasteiger partial charge on any atom is 0.165 e. The van der Waals surface area contributed by atoms with Crippen molar-refractivity contribution in [3.05, 3.63) is 60.4 Å². The highest BCUT2D eigenvalue weighted by Crippen LogP contribution is 2.23. The summed E-state index contributed by atoms with van der Waals surface area (Å²) in [6.45, 7) is 5.67. The second-order valence-corrected chi connectivity index (χ2v) is 6.28. The zero-order valence-electron chi connectivity index (χ0n) is 14.7. The van der Waals surface area contributed by atoms with Crippen molar-refractivity contribution in [3.8, 4) is 11.5 Å². The van der Waals surface area contributed by atoms with Crippen LogP contribution in [-0.2, 0) is 11.3 Å². The summed E-state index contributed by atoms with van der Waals surface area (Å²) in [5.41, 5.74) is 2.07. The van der Waals surface area contributed by atoms with Gasteiger partial charge in [-0.15, -0.1) is 0 Å². The summed E-state index contributed by atoms with van der Waals surface area (Å²) in [4.78, 5) is 2.35. The third kappa shape index (κ3) is 4.15. The maximum absolute atomic E-state index is 5.90. The van der Waals surface area contributed by atoms with Gasteiger partial charge in [0.15, 0.2) is 5.75 Å². The lowest BCUT2D eigenvalue weighted by Crippen LogP contribution is -2.38. The molecule has 6 heteroatoms. The molecular formula is C20H23N3O3. The first-order chi connectivity index (χ1) is 12.9. The SMILES string of the molecule is c1ccc(COc2cnn3cc(OCCN4CCOCC4)ccc23)cc1. The van der Waals surface area contributed by atoms with E-state index >= 15 is 0 Å². The number of ether oxygens (including phenoxy) is 3. The molecule has 0 radical (unpaired) electrons. The number of morpholine rings is 1. The smallest absolute Gasteiger partial charge is 0.165 e. The van der Waals surface area contributed by atoms with Gasteiger partial charge in [-0.1, -0.05) is 30.3 Å². The van der Waals surface area contributed by atoms with Gasteiger partial charge in [-0.05, 0) is 17.7 Å². The molecule has 1 aromatic carbocycles. The van der Waals surface area contributed by atoms with Gasteiger partial charge in [0.05, 0.1) is 25.6 Å². The summed E-state index contributed by atoms with van der Waals surface area (Å²) in [7, 11) is 0. The first kappa shape index (κ1) is 16.9. The third-order valence-electron chi connectivity index (χ3n) is 4.47. The Kier molecular flexibility index (Phi) is 5.33. The van der Waals surface area contributed by atoms with Crippen molar-refractivity contribution < 1.29 is 14.2 Å². The molecule has 0 aliphatic carbocycles. The fourth-order valence-corrected chi connectivity index (χ4v) is 2.99. The van der Waals surface area contributed by atoms with Crippen molar-refractivity contribution in [2.45, 2.75) is 6.61 Å². The molecule has 2 aromatic heterocycles. The van der Waals surface area contributed by atoms with E-state index in [1.807, 2.05) is 48.7 Å². The van der Waals surface area contributed by atoms with Gasteiger partial charge < -0.3 is 14.2 Å². The van der Waals surface area contributed by atoms with Crippen molar-refractivity contribution in [2.75, 3.05) is 39.5 Å². The van der Waals surface area contributed by atoms with Gasteiger partial charge in [-0.2, -0.15) is 5.10 Å². The molecule has 0 saturated carbocycles. The van der Waals surface area contributed by atoms with E-state index in [1.54, 1.807) is 10.7 Å². The first-order valence-corrected chi connectivity index (χ1v) is 8.95. The summed E-state index contributed by atoms with van der Waals surface area (Å²) in [6, 6.07) is 14.1. The minimum Gasteiger partial charge on any atom is -0.491 e. The molecule has 0 atom stereocenters. The largest absolute Gasteiger partial charge is 0.491 e. The summed E-state index contributed by atoms with van der Waals surface area (Å²) in [6.07, 6.45) is 3.64. The standard InChI is InChI=1S/C20H23N3O3/c1-2-4-17(5-3-1)16-26-20-14-21-23-15-18(6-7-19(20)23)25-13-10-22-8-11-24-12-9-22/h1-7,14-15H,8-13,16H2. The minimum absolute atomic E-state index is 0.528. The summed E-state index contributed by atoms with van der Waals surface area (Å²) < 4.78 is 18.9. The van der Waals surface area contributed by atoms with Gasteiger partial charge in [0.2, 0.25) is 0 Å². The Balaban J connectivity index is 1.34. The van der Waals surface area contributed by atoms with Gasteiger partial charge in [-0.25, -0.2) is 4.52 Å². The Bertz CT molecular complexity index is 829. The van der Waals surface area contributed by atoms with Crippen molar-refractivity contribution in [3.63, 3.8) is 0 Å². The number of nitrogens with zero attached hydrogens (tertiary/aromatic N) is 3. The van der Waals surface area contributed by atoms with E-state index in [0.29, 0.717) is 13.2 Å². The van der Waals surface area contributed by atoms with Gasteiger partial charge in [-0.3, -0.25) is 4.90 Å². The topological polar surface area (TPSA) is 48.2 Å². The van der Waals surface area contributed by atoms with E-state index in [4.69, 9.17) is 14.2 Å². The molecule has 1 aliphatic heterocycles. The second-order valence-electron chi connectivity index (χ2n) is 6.28. The molecular weight excluding hydrogens is 330 g/mol. The number of hydrogen-bond donors (Lipinski definition) is 0. The van der Waals surface area contributed by atoms with Gasteiger partial charge in [0, 0.05) is 19.6 Å². The van der Waals surface area contributed by atoms with E-state index < -0.39 is 0 Å². The zero-order valence-corrected chi connectivity index (χ0v) is 14.7. The molecule has 1 saturated heterocycles. The average molecular weight is 353 g/mol. The highest BCUT2D eigenvalue weighted by Gasteiger charge is 2.10. The van der Waals surface area contributed by atoms with Crippen molar-refractivity contribution in [1.82, 2.24) is 14.5 Å². The molecule has 3 heterocycles. The number of aromatic nitrogens is 2. The summed E-state index contributed by atoms with van der Waals surface area (Å²) in [5.74, 6) is 1.58.